The number of rotatable bonds is 6. The molecule has 2 aliphatic rings. The number of hydrogen-bond acceptors (Lipinski definition) is 0. The van der Waals surface area contributed by atoms with Gasteiger partial charge in [-0.3, -0.25) is 0 Å². The van der Waals surface area contributed by atoms with Crippen LogP contribution in [0, 0.1) is 12.2 Å². The first-order valence-electron chi connectivity index (χ1n) is 15.9. The fourth-order valence-electron chi connectivity index (χ4n) is 6.17. The number of hydrogen-bond donors (Lipinski definition) is 0. The first-order valence-corrected chi connectivity index (χ1v) is 15.9. The third-order valence-electron chi connectivity index (χ3n) is 8.48. The summed E-state index contributed by atoms with van der Waals surface area (Å²) in [6.07, 6.45) is 9.19. The van der Waals surface area contributed by atoms with Crippen molar-refractivity contribution >= 4 is 33.4 Å². The van der Waals surface area contributed by atoms with Crippen LogP contribution in [0.3, 0.4) is 0 Å². The van der Waals surface area contributed by atoms with Crippen molar-refractivity contribution in [1.29, 1.82) is 0 Å². The largest absolute Gasteiger partial charge is 4.00 e. The average molecular weight is 749 g/mol. The third kappa shape index (κ3) is 9.06. The molecule has 0 fully saturated rings. The molecule has 0 nitrogen and oxygen atoms in total. The Balaban J connectivity index is 0.000000208. The van der Waals surface area contributed by atoms with Gasteiger partial charge in [-0.15, -0.1) is 45.6 Å². The third-order valence-corrected chi connectivity index (χ3v) is 8.48. The van der Waals surface area contributed by atoms with Gasteiger partial charge in [-0.25, -0.2) is 0 Å². The van der Waals surface area contributed by atoms with E-state index in [0.717, 1.165) is 12.8 Å². The summed E-state index contributed by atoms with van der Waals surface area (Å²) >= 11 is 0. The molecular weight excluding hydrogens is 715 g/mol. The molecule has 0 amide bonds. The van der Waals surface area contributed by atoms with E-state index in [1.807, 2.05) is 0 Å². The van der Waals surface area contributed by atoms with E-state index in [2.05, 4.69) is 194 Å². The Morgan fingerprint density at radius 2 is 0.510 bits per heavy atom. The van der Waals surface area contributed by atoms with Gasteiger partial charge in [0.2, 0.25) is 0 Å². The minimum absolute atomic E-state index is 0. The average Bonchev–Trinajstić information content (AvgIpc) is 3.81. The molecule has 0 atom stereocenters. The molecule has 236 valence electrons. The fourth-order valence-corrected chi connectivity index (χ4v) is 6.17. The normalized spacial score (nSPS) is 13.1. The predicted molar refractivity (Wildman–Crippen MR) is 195 cm³/mol. The van der Waals surface area contributed by atoms with Gasteiger partial charge in [0.25, 0.3) is 0 Å². The van der Waals surface area contributed by atoms with Crippen molar-refractivity contribution in [2.75, 3.05) is 0 Å². The summed E-state index contributed by atoms with van der Waals surface area (Å²) in [5, 5.41) is 0. The van der Waals surface area contributed by atoms with Crippen molar-refractivity contribution in [2.45, 2.75) is 12.8 Å². The monoisotopic (exact) mass is 746 g/mol. The van der Waals surface area contributed by atoms with Gasteiger partial charge in [-0.1, -0.05) is 228 Å². The zero-order valence-corrected chi connectivity index (χ0v) is 31.0. The van der Waals surface area contributed by atoms with E-state index < -0.39 is 0 Å². The summed E-state index contributed by atoms with van der Waals surface area (Å²) < 4.78 is 0. The molecular formula is C46H34Cl2Zr. The molecule has 6 aromatic rings. The summed E-state index contributed by atoms with van der Waals surface area (Å²) in [4.78, 5) is 0. The fraction of sp³-hybridized carbons (Fsp3) is 0.0435. The topological polar surface area (TPSA) is 0 Å². The van der Waals surface area contributed by atoms with Crippen LogP contribution in [0.1, 0.15) is 46.2 Å². The van der Waals surface area contributed by atoms with Crippen molar-refractivity contribution in [2.24, 2.45) is 0 Å². The molecule has 0 N–H and O–H groups in total. The molecule has 0 aliphatic heterocycles. The standard InChI is InChI=1S/2C23H17.2ClH.Zr/c2*1-4-10-18(11-5-1)21-16-22(19-12-6-2-7-13-19)23(17-21)20-14-8-3-9-15-20;;;/h2*1-15H,16H2;2*1H;/q2*-1;;;+4/p-2. The Morgan fingerprint density at radius 3 is 0.776 bits per heavy atom. The van der Waals surface area contributed by atoms with Gasteiger partial charge in [0, 0.05) is 0 Å². The van der Waals surface area contributed by atoms with Crippen LogP contribution < -0.4 is 24.8 Å². The molecule has 0 unspecified atom stereocenters. The summed E-state index contributed by atoms with van der Waals surface area (Å²) in [6.45, 7) is 0. The quantitative estimate of drug-likeness (QED) is 0.190. The van der Waals surface area contributed by atoms with E-state index >= 15 is 0 Å². The Kier molecular flexibility index (Phi) is 14.2. The minimum atomic E-state index is 0. The molecule has 0 radical (unpaired) electrons. The van der Waals surface area contributed by atoms with E-state index in [4.69, 9.17) is 0 Å². The SMILES string of the molecule is [C-]1=C(c2ccccc2)CC(c2ccccc2)=C1c1ccccc1.[C-]1=C(c2ccccc2)CC(c2ccccc2)=C1c1ccccc1.[Cl-].[Cl-].[Zr+4]. The van der Waals surface area contributed by atoms with Crippen LogP contribution in [0.5, 0.6) is 0 Å². The zero-order chi connectivity index (χ0) is 31.0. The van der Waals surface area contributed by atoms with Gasteiger partial charge in [-0.2, -0.15) is 0 Å². The first kappa shape index (κ1) is 37.6. The van der Waals surface area contributed by atoms with Gasteiger partial charge in [-0.05, 0) is 0 Å². The predicted octanol–water partition coefficient (Wildman–Crippen LogP) is 5.78. The van der Waals surface area contributed by atoms with Gasteiger partial charge < -0.3 is 24.8 Å². The smallest absolute Gasteiger partial charge is 1.00 e. The van der Waals surface area contributed by atoms with Crippen LogP contribution in [0.2, 0.25) is 0 Å². The Labute approximate surface area is 322 Å². The molecule has 3 heteroatoms. The molecule has 0 spiro atoms. The molecule has 2 aliphatic carbocycles. The molecule has 6 aromatic carbocycles. The maximum absolute atomic E-state index is 3.67. The second-order valence-corrected chi connectivity index (χ2v) is 11.5. The van der Waals surface area contributed by atoms with Crippen LogP contribution >= 0.6 is 0 Å². The van der Waals surface area contributed by atoms with Crippen LogP contribution in [0.15, 0.2) is 182 Å². The van der Waals surface area contributed by atoms with E-state index in [-0.39, 0.29) is 51.0 Å². The second kappa shape index (κ2) is 18.5. The van der Waals surface area contributed by atoms with Crippen molar-refractivity contribution in [3.05, 3.63) is 228 Å². The van der Waals surface area contributed by atoms with Crippen molar-refractivity contribution in [1.82, 2.24) is 0 Å². The molecule has 0 heterocycles. The maximum atomic E-state index is 3.67. The molecule has 0 bridgehead atoms. The summed E-state index contributed by atoms with van der Waals surface area (Å²) in [5.74, 6) is 0. The second-order valence-electron chi connectivity index (χ2n) is 11.5. The summed E-state index contributed by atoms with van der Waals surface area (Å²) in [6, 6.07) is 63.6. The van der Waals surface area contributed by atoms with Crippen molar-refractivity contribution < 1.29 is 51.0 Å². The van der Waals surface area contributed by atoms with Gasteiger partial charge in [0.1, 0.15) is 0 Å². The molecule has 49 heavy (non-hydrogen) atoms. The summed E-state index contributed by atoms with van der Waals surface area (Å²) in [7, 11) is 0. The zero-order valence-electron chi connectivity index (χ0n) is 27.0. The molecule has 0 aromatic heterocycles. The van der Waals surface area contributed by atoms with E-state index in [0.29, 0.717) is 0 Å². The maximum Gasteiger partial charge on any atom is 4.00 e. The van der Waals surface area contributed by atoms with Gasteiger partial charge in [0.15, 0.2) is 0 Å². The number of allylic oxidation sites excluding steroid dienone is 8. The van der Waals surface area contributed by atoms with Crippen LogP contribution in [-0.2, 0) is 26.2 Å². The van der Waals surface area contributed by atoms with E-state index in [1.165, 1.54) is 66.8 Å². The Bertz CT molecular complexity index is 1880. The minimum Gasteiger partial charge on any atom is -1.00 e. The molecule has 0 saturated carbocycles. The van der Waals surface area contributed by atoms with Gasteiger partial charge in [0.05, 0.1) is 0 Å². The van der Waals surface area contributed by atoms with Crippen LogP contribution in [0.4, 0.5) is 0 Å². The summed E-state index contributed by atoms with van der Waals surface area (Å²) in [5.41, 5.74) is 15.2. The molecule has 8 rings (SSSR count). The van der Waals surface area contributed by atoms with Crippen molar-refractivity contribution in [3.63, 3.8) is 0 Å². The van der Waals surface area contributed by atoms with E-state index in [1.54, 1.807) is 0 Å². The van der Waals surface area contributed by atoms with Gasteiger partial charge >= 0.3 is 26.2 Å². The number of benzene rings is 6. The van der Waals surface area contributed by atoms with Crippen LogP contribution in [0.25, 0.3) is 33.4 Å². The van der Waals surface area contributed by atoms with Crippen molar-refractivity contribution in [3.8, 4) is 0 Å². The molecule has 0 saturated heterocycles. The Morgan fingerprint density at radius 1 is 0.286 bits per heavy atom. The Hall–Kier alpha value is -4.26. The first-order chi connectivity index (χ1) is 22.8. The van der Waals surface area contributed by atoms with Crippen LogP contribution in [-0.4, -0.2) is 0 Å². The van der Waals surface area contributed by atoms with E-state index in [9.17, 15) is 0 Å². The number of halogens is 2.